The van der Waals surface area contributed by atoms with E-state index in [1.807, 2.05) is 17.0 Å². The van der Waals surface area contributed by atoms with Crippen LogP contribution in [0.1, 0.15) is 10.4 Å². The van der Waals surface area contributed by atoms with Crippen molar-refractivity contribution in [3.63, 3.8) is 0 Å². The highest BCUT2D eigenvalue weighted by atomic mass is 16.7. The molecule has 1 N–H and O–H groups in total. The Morgan fingerprint density at radius 2 is 2.06 bits per heavy atom. The van der Waals surface area contributed by atoms with Gasteiger partial charge < -0.3 is 19.7 Å². The van der Waals surface area contributed by atoms with Gasteiger partial charge in [-0.15, -0.1) is 0 Å². The summed E-state index contributed by atoms with van der Waals surface area (Å²) in [5.74, 6) is 1.26. The molecular formula is C12H14N2O3. The summed E-state index contributed by atoms with van der Waals surface area (Å²) < 4.78 is 10.6. The topological polar surface area (TPSA) is 50.8 Å². The minimum Gasteiger partial charge on any atom is -0.454 e. The van der Waals surface area contributed by atoms with Crippen molar-refractivity contribution in [3.8, 4) is 11.5 Å². The van der Waals surface area contributed by atoms with Gasteiger partial charge in [-0.25, -0.2) is 0 Å². The lowest BCUT2D eigenvalue weighted by molar-refractivity contribution is 0.0731. The smallest absolute Gasteiger partial charge is 0.257 e. The van der Waals surface area contributed by atoms with Crippen LogP contribution < -0.4 is 14.8 Å². The number of ether oxygens (including phenoxy) is 2. The third kappa shape index (κ3) is 1.82. The predicted molar refractivity (Wildman–Crippen MR) is 61.3 cm³/mol. The van der Waals surface area contributed by atoms with E-state index in [1.165, 1.54) is 0 Å². The van der Waals surface area contributed by atoms with Crippen LogP contribution in [0.4, 0.5) is 0 Å². The summed E-state index contributed by atoms with van der Waals surface area (Å²) in [7, 11) is 0. The number of nitrogens with one attached hydrogen (secondary N) is 1. The quantitative estimate of drug-likeness (QED) is 0.767. The summed E-state index contributed by atoms with van der Waals surface area (Å²) in [5.41, 5.74) is 0.599. The molecule has 1 saturated heterocycles. The van der Waals surface area contributed by atoms with Crippen molar-refractivity contribution in [2.45, 2.75) is 0 Å². The third-order valence-electron chi connectivity index (χ3n) is 3.03. The van der Waals surface area contributed by atoms with E-state index >= 15 is 0 Å². The molecule has 1 aromatic carbocycles. The van der Waals surface area contributed by atoms with Crippen LogP contribution in [-0.2, 0) is 0 Å². The van der Waals surface area contributed by atoms with Crippen molar-refractivity contribution in [1.82, 2.24) is 10.2 Å². The maximum atomic E-state index is 12.3. The van der Waals surface area contributed by atoms with Crippen molar-refractivity contribution < 1.29 is 14.3 Å². The zero-order chi connectivity index (χ0) is 11.7. The molecule has 0 saturated carbocycles. The molecule has 0 unspecified atom stereocenters. The lowest BCUT2D eigenvalue weighted by Gasteiger charge is -2.27. The van der Waals surface area contributed by atoms with Crippen LogP contribution in [0.2, 0.25) is 0 Å². The molecule has 17 heavy (non-hydrogen) atoms. The number of rotatable bonds is 1. The molecule has 5 nitrogen and oxygen atoms in total. The zero-order valence-electron chi connectivity index (χ0n) is 9.44. The Morgan fingerprint density at radius 1 is 1.24 bits per heavy atom. The van der Waals surface area contributed by atoms with Gasteiger partial charge in [-0.1, -0.05) is 6.07 Å². The van der Waals surface area contributed by atoms with Crippen LogP contribution >= 0.6 is 0 Å². The number of nitrogens with zero attached hydrogens (tertiary/aromatic N) is 1. The molecule has 1 aromatic rings. The van der Waals surface area contributed by atoms with Crippen LogP contribution in [0.25, 0.3) is 0 Å². The fraction of sp³-hybridized carbons (Fsp3) is 0.417. The second kappa shape index (κ2) is 4.25. The summed E-state index contributed by atoms with van der Waals surface area (Å²) >= 11 is 0. The Bertz CT molecular complexity index is 441. The van der Waals surface area contributed by atoms with Gasteiger partial charge >= 0.3 is 0 Å². The van der Waals surface area contributed by atoms with Gasteiger partial charge in [0.1, 0.15) is 0 Å². The van der Waals surface area contributed by atoms with Crippen molar-refractivity contribution >= 4 is 5.91 Å². The van der Waals surface area contributed by atoms with Crippen LogP contribution in [-0.4, -0.2) is 43.8 Å². The molecule has 1 amide bonds. The fourth-order valence-electron chi connectivity index (χ4n) is 2.14. The first-order chi connectivity index (χ1) is 8.36. The van der Waals surface area contributed by atoms with Gasteiger partial charge in [0.2, 0.25) is 6.79 Å². The minimum atomic E-state index is 0.0221. The van der Waals surface area contributed by atoms with Gasteiger partial charge in [0.05, 0.1) is 5.56 Å². The average molecular weight is 234 g/mol. The van der Waals surface area contributed by atoms with Crippen LogP contribution in [0, 0.1) is 0 Å². The van der Waals surface area contributed by atoms with Gasteiger partial charge in [-0.05, 0) is 12.1 Å². The first-order valence-electron chi connectivity index (χ1n) is 5.75. The first kappa shape index (κ1) is 10.4. The Morgan fingerprint density at radius 3 is 2.88 bits per heavy atom. The number of hydrogen-bond acceptors (Lipinski definition) is 4. The second-order valence-corrected chi connectivity index (χ2v) is 4.08. The molecule has 2 aliphatic heterocycles. The summed E-state index contributed by atoms with van der Waals surface area (Å²) in [6.45, 7) is 3.37. The molecule has 3 rings (SSSR count). The van der Waals surface area contributed by atoms with E-state index in [4.69, 9.17) is 9.47 Å². The Hall–Kier alpha value is -1.75. The maximum Gasteiger partial charge on any atom is 0.257 e. The monoisotopic (exact) mass is 234 g/mol. The number of carbonyl (C=O) groups excluding carboxylic acids is 1. The molecule has 0 aliphatic carbocycles. The van der Waals surface area contributed by atoms with E-state index in [2.05, 4.69) is 5.32 Å². The molecule has 0 atom stereocenters. The number of hydrogen-bond donors (Lipinski definition) is 1. The number of carbonyl (C=O) groups is 1. The predicted octanol–water partition coefficient (Wildman–Crippen LogP) is 0.461. The maximum absolute atomic E-state index is 12.3. The molecule has 5 heteroatoms. The summed E-state index contributed by atoms with van der Waals surface area (Å²) in [5, 5.41) is 3.22. The molecule has 0 radical (unpaired) electrons. The molecule has 0 bridgehead atoms. The third-order valence-corrected chi connectivity index (χ3v) is 3.03. The Balaban J connectivity index is 1.88. The lowest BCUT2D eigenvalue weighted by Crippen LogP contribution is -2.46. The van der Waals surface area contributed by atoms with Crippen LogP contribution in [0.3, 0.4) is 0 Å². The van der Waals surface area contributed by atoms with E-state index in [-0.39, 0.29) is 12.7 Å². The number of amides is 1. The molecule has 2 aliphatic rings. The van der Waals surface area contributed by atoms with E-state index in [0.717, 1.165) is 26.2 Å². The highest BCUT2D eigenvalue weighted by Gasteiger charge is 2.25. The lowest BCUT2D eigenvalue weighted by atomic mass is 10.1. The van der Waals surface area contributed by atoms with Gasteiger partial charge in [-0.2, -0.15) is 0 Å². The molecule has 2 heterocycles. The second-order valence-electron chi connectivity index (χ2n) is 4.08. The van der Waals surface area contributed by atoms with E-state index in [1.54, 1.807) is 6.07 Å². The Kier molecular flexibility index (Phi) is 2.60. The normalized spacial score (nSPS) is 18.2. The fourth-order valence-corrected chi connectivity index (χ4v) is 2.14. The van der Waals surface area contributed by atoms with Gasteiger partial charge in [0.15, 0.2) is 11.5 Å². The van der Waals surface area contributed by atoms with Crippen molar-refractivity contribution in [3.05, 3.63) is 23.8 Å². The SMILES string of the molecule is O=C(c1cccc2c1OCO2)N1CCNCC1. The van der Waals surface area contributed by atoms with Crippen LogP contribution in [0.15, 0.2) is 18.2 Å². The summed E-state index contributed by atoms with van der Waals surface area (Å²) in [6, 6.07) is 5.43. The standard InChI is InChI=1S/C12H14N2O3/c15-12(14-6-4-13-5-7-14)9-2-1-3-10-11(9)17-8-16-10/h1-3,13H,4-8H2. The summed E-state index contributed by atoms with van der Waals surface area (Å²) in [6.07, 6.45) is 0. The molecular weight excluding hydrogens is 220 g/mol. The average Bonchev–Trinajstić information content (AvgIpc) is 2.87. The molecule has 0 aromatic heterocycles. The highest BCUT2D eigenvalue weighted by molar-refractivity contribution is 5.98. The van der Waals surface area contributed by atoms with E-state index in [0.29, 0.717) is 17.1 Å². The number of para-hydroxylation sites is 1. The number of piperazine rings is 1. The van der Waals surface area contributed by atoms with Gasteiger partial charge in [0, 0.05) is 26.2 Å². The molecule has 0 spiro atoms. The number of fused-ring (bicyclic) bond motifs is 1. The Labute approximate surface area is 99.3 Å². The van der Waals surface area contributed by atoms with Crippen molar-refractivity contribution in [2.24, 2.45) is 0 Å². The first-order valence-corrected chi connectivity index (χ1v) is 5.75. The minimum absolute atomic E-state index is 0.0221. The van der Waals surface area contributed by atoms with E-state index < -0.39 is 0 Å². The van der Waals surface area contributed by atoms with Crippen molar-refractivity contribution in [1.29, 1.82) is 0 Å². The van der Waals surface area contributed by atoms with Gasteiger partial charge in [0.25, 0.3) is 5.91 Å². The largest absolute Gasteiger partial charge is 0.454 e. The summed E-state index contributed by atoms with van der Waals surface area (Å²) in [4.78, 5) is 14.2. The zero-order valence-corrected chi connectivity index (χ0v) is 9.44. The number of benzene rings is 1. The van der Waals surface area contributed by atoms with Crippen molar-refractivity contribution in [2.75, 3.05) is 33.0 Å². The molecule has 1 fully saturated rings. The molecule has 90 valence electrons. The highest BCUT2D eigenvalue weighted by Crippen LogP contribution is 2.35. The van der Waals surface area contributed by atoms with Gasteiger partial charge in [-0.3, -0.25) is 4.79 Å². The van der Waals surface area contributed by atoms with E-state index in [9.17, 15) is 4.79 Å². The van der Waals surface area contributed by atoms with Crippen LogP contribution in [0.5, 0.6) is 11.5 Å².